The van der Waals surface area contributed by atoms with E-state index in [9.17, 15) is 9.59 Å². The minimum atomic E-state index is -1.09. The van der Waals surface area contributed by atoms with Gasteiger partial charge < -0.3 is 16.2 Å². The Morgan fingerprint density at radius 2 is 2.27 bits per heavy atom. The van der Waals surface area contributed by atoms with Crippen molar-refractivity contribution in [2.45, 2.75) is 19.0 Å². The van der Waals surface area contributed by atoms with Crippen LogP contribution in [0, 0.1) is 0 Å². The van der Waals surface area contributed by atoms with Crippen LogP contribution in [0.4, 0.5) is 0 Å². The molecule has 0 aliphatic rings. The van der Waals surface area contributed by atoms with Gasteiger partial charge in [-0.2, -0.15) is 0 Å². The summed E-state index contributed by atoms with van der Waals surface area (Å²) in [4.78, 5) is 22.7. The molecule has 82 valence electrons. The van der Waals surface area contributed by atoms with Crippen LogP contribution < -0.4 is 11.1 Å². The molecular weight excluding hydrogens is 216 g/mol. The number of nitrogens with one attached hydrogen (secondary N) is 1. The zero-order valence-corrected chi connectivity index (χ0v) is 8.95. The summed E-state index contributed by atoms with van der Waals surface area (Å²) in [5.41, 5.74) is 5.34. The topological polar surface area (TPSA) is 92.4 Å². The molecule has 0 saturated carbocycles. The van der Waals surface area contributed by atoms with E-state index in [1.807, 2.05) is 0 Å². The molecule has 0 radical (unpaired) electrons. The van der Waals surface area contributed by atoms with Crippen molar-refractivity contribution in [1.82, 2.24) is 5.32 Å². The number of hydrogen-bond donors (Lipinski definition) is 3. The summed E-state index contributed by atoms with van der Waals surface area (Å²) in [5, 5.41) is 13.0. The minimum absolute atomic E-state index is 0.476. The lowest BCUT2D eigenvalue weighted by atomic mass is 10.2. The van der Waals surface area contributed by atoms with Crippen molar-refractivity contribution >= 4 is 23.2 Å². The van der Waals surface area contributed by atoms with E-state index in [0.717, 1.165) is 0 Å². The van der Waals surface area contributed by atoms with Crippen LogP contribution in [0.2, 0.25) is 0 Å². The van der Waals surface area contributed by atoms with Gasteiger partial charge in [-0.1, -0.05) is 6.07 Å². The Kier molecular flexibility index (Phi) is 3.81. The normalized spacial score (nSPS) is 14.3. The van der Waals surface area contributed by atoms with Gasteiger partial charge in [-0.25, -0.2) is 4.79 Å². The molecule has 2 atom stereocenters. The fourth-order valence-corrected chi connectivity index (χ4v) is 1.75. The number of carbonyl (C=O) groups is 2. The third kappa shape index (κ3) is 3.03. The van der Waals surface area contributed by atoms with Gasteiger partial charge in [0.15, 0.2) is 6.04 Å². The summed E-state index contributed by atoms with van der Waals surface area (Å²) in [6, 6.07) is 1.66. The number of amides is 1. The van der Waals surface area contributed by atoms with Gasteiger partial charge in [0, 0.05) is 4.88 Å². The van der Waals surface area contributed by atoms with Crippen LogP contribution in [0.15, 0.2) is 17.5 Å². The van der Waals surface area contributed by atoms with Crippen LogP contribution in [0.3, 0.4) is 0 Å². The van der Waals surface area contributed by atoms with E-state index in [0.29, 0.717) is 4.88 Å². The molecule has 1 amide bonds. The fraction of sp³-hybridized carbons (Fsp3) is 0.333. The van der Waals surface area contributed by atoms with E-state index in [4.69, 9.17) is 10.8 Å². The molecule has 1 heterocycles. The number of thiophene rings is 1. The van der Waals surface area contributed by atoms with E-state index in [2.05, 4.69) is 5.32 Å². The lowest BCUT2D eigenvalue weighted by Gasteiger charge is -2.14. The molecule has 0 aromatic carbocycles. The average molecular weight is 228 g/mol. The number of carbonyl (C=O) groups excluding carboxylic acids is 1. The van der Waals surface area contributed by atoms with Crippen molar-refractivity contribution < 1.29 is 14.7 Å². The molecule has 2 unspecified atom stereocenters. The predicted molar refractivity (Wildman–Crippen MR) is 56.5 cm³/mol. The molecule has 0 saturated heterocycles. The highest BCUT2D eigenvalue weighted by Crippen LogP contribution is 2.19. The number of nitrogens with two attached hydrogens (primary N) is 1. The molecule has 4 N–H and O–H groups in total. The SMILES string of the molecule is CC(N)C(=O)NC(C(=O)O)c1cccs1. The summed E-state index contributed by atoms with van der Waals surface area (Å²) in [6.45, 7) is 1.50. The third-order valence-electron chi connectivity index (χ3n) is 1.77. The van der Waals surface area contributed by atoms with Crippen LogP contribution in [-0.4, -0.2) is 23.0 Å². The second kappa shape index (κ2) is 4.90. The highest BCUT2D eigenvalue weighted by atomic mass is 32.1. The molecule has 0 spiro atoms. The second-order valence-corrected chi connectivity index (χ2v) is 4.06. The van der Waals surface area contributed by atoms with Crippen LogP contribution in [0.5, 0.6) is 0 Å². The zero-order chi connectivity index (χ0) is 11.4. The van der Waals surface area contributed by atoms with Gasteiger partial charge in [-0.3, -0.25) is 4.79 Å². The molecule has 6 heteroatoms. The molecule has 1 aromatic rings. The maximum atomic E-state index is 11.3. The maximum absolute atomic E-state index is 11.3. The summed E-state index contributed by atoms with van der Waals surface area (Å²) in [7, 11) is 0. The van der Waals surface area contributed by atoms with E-state index < -0.39 is 24.0 Å². The van der Waals surface area contributed by atoms with Crippen molar-refractivity contribution in [3.05, 3.63) is 22.4 Å². The number of hydrogen-bond acceptors (Lipinski definition) is 4. The molecule has 0 fully saturated rings. The van der Waals surface area contributed by atoms with Gasteiger partial charge in [-0.05, 0) is 18.4 Å². The molecular formula is C9H12N2O3S. The first kappa shape index (κ1) is 11.7. The molecule has 0 aliphatic heterocycles. The van der Waals surface area contributed by atoms with Crippen molar-refractivity contribution in [1.29, 1.82) is 0 Å². The van der Waals surface area contributed by atoms with Gasteiger partial charge in [0.05, 0.1) is 6.04 Å². The summed E-state index contributed by atoms with van der Waals surface area (Å²) in [6.07, 6.45) is 0. The van der Waals surface area contributed by atoms with E-state index in [1.54, 1.807) is 17.5 Å². The number of aliphatic carboxylic acids is 1. The van der Waals surface area contributed by atoms with E-state index in [1.165, 1.54) is 18.3 Å². The molecule has 5 nitrogen and oxygen atoms in total. The van der Waals surface area contributed by atoms with Gasteiger partial charge in [0.25, 0.3) is 0 Å². The average Bonchev–Trinajstić information content (AvgIpc) is 2.65. The first-order chi connectivity index (χ1) is 7.02. The van der Waals surface area contributed by atoms with Crippen molar-refractivity contribution in [2.75, 3.05) is 0 Å². The lowest BCUT2D eigenvalue weighted by molar-refractivity contribution is -0.142. The first-order valence-electron chi connectivity index (χ1n) is 4.34. The standard InChI is InChI=1S/C9H12N2O3S/c1-5(10)8(12)11-7(9(13)14)6-3-2-4-15-6/h2-5,7H,10H2,1H3,(H,11,12)(H,13,14). The fourth-order valence-electron chi connectivity index (χ4n) is 0.984. The molecule has 0 bridgehead atoms. The van der Waals surface area contributed by atoms with Crippen LogP contribution >= 0.6 is 11.3 Å². The monoisotopic (exact) mass is 228 g/mol. The first-order valence-corrected chi connectivity index (χ1v) is 5.22. The Morgan fingerprint density at radius 1 is 1.60 bits per heavy atom. The molecule has 1 rings (SSSR count). The third-order valence-corrected chi connectivity index (χ3v) is 2.71. The Bertz CT molecular complexity index is 348. The summed E-state index contributed by atoms with van der Waals surface area (Å²) >= 11 is 1.28. The van der Waals surface area contributed by atoms with Gasteiger partial charge in [0.1, 0.15) is 0 Å². The highest BCUT2D eigenvalue weighted by molar-refractivity contribution is 7.10. The number of carboxylic acids is 1. The lowest BCUT2D eigenvalue weighted by Crippen LogP contribution is -2.42. The summed E-state index contributed by atoms with van der Waals surface area (Å²) in [5.74, 6) is -1.57. The van der Waals surface area contributed by atoms with Crippen molar-refractivity contribution in [3.63, 3.8) is 0 Å². The number of carboxylic acid groups (broad SMARTS) is 1. The zero-order valence-electron chi connectivity index (χ0n) is 8.14. The largest absolute Gasteiger partial charge is 0.479 e. The van der Waals surface area contributed by atoms with E-state index in [-0.39, 0.29) is 0 Å². The van der Waals surface area contributed by atoms with Crippen LogP contribution in [-0.2, 0) is 9.59 Å². The smallest absolute Gasteiger partial charge is 0.331 e. The quantitative estimate of drug-likeness (QED) is 0.692. The van der Waals surface area contributed by atoms with Crippen LogP contribution in [0.1, 0.15) is 17.8 Å². The van der Waals surface area contributed by atoms with Crippen LogP contribution in [0.25, 0.3) is 0 Å². The van der Waals surface area contributed by atoms with Gasteiger partial charge >= 0.3 is 5.97 Å². The second-order valence-electron chi connectivity index (χ2n) is 3.08. The minimum Gasteiger partial charge on any atom is -0.479 e. The van der Waals surface area contributed by atoms with Crippen molar-refractivity contribution in [2.24, 2.45) is 5.73 Å². The van der Waals surface area contributed by atoms with Gasteiger partial charge in [0.2, 0.25) is 5.91 Å². The summed E-state index contributed by atoms with van der Waals surface area (Å²) < 4.78 is 0. The highest BCUT2D eigenvalue weighted by Gasteiger charge is 2.23. The Hall–Kier alpha value is -1.40. The molecule has 0 aliphatic carbocycles. The number of rotatable bonds is 4. The van der Waals surface area contributed by atoms with Gasteiger partial charge in [-0.15, -0.1) is 11.3 Å². The maximum Gasteiger partial charge on any atom is 0.331 e. The Labute approximate surface area is 90.9 Å². The molecule has 1 aromatic heterocycles. The van der Waals surface area contributed by atoms with E-state index >= 15 is 0 Å². The predicted octanol–water partition coefficient (Wildman–Crippen LogP) is 0.337. The molecule has 15 heavy (non-hydrogen) atoms. The Balaban J connectivity index is 2.77. The van der Waals surface area contributed by atoms with Crippen molar-refractivity contribution in [3.8, 4) is 0 Å². The Morgan fingerprint density at radius 3 is 2.67 bits per heavy atom.